The second-order valence-electron chi connectivity index (χ2n) is 3.96. The monoisotopic (exact) mass is 281 g/mol. The molecule has 100 valence electrons. The Kier molecular flexibility index (Phi) is 3.66. The fraction of sp³-hybridized carbons (Fsp3) is 0.167. The van der Waals surface area contributed by atoms with Crippen LogP contribution in [0.5, 0.6) is 0 Å². The van der Waals surface area contributed by atoms with Gasteiger partial charge < -0.3 is 16.2 Å². The molecule has 0 radical (unpaired) electrons. The van der Waals surface area contributed by atoms with Crippen LogP contribution in [0.3, 0.4) is 0 Å². The minimum atomic E-state index is -1.34. The number of nitrogens with zero attached hydrogens (tertiary/aromatic N) is 1. The molecule has 1 aromatic heterocycles. The first kappa shape index (κ1) is 13.3. The first-order chi connectivity index (χ1) is 8.99. The maximum Gasteiger partial charge on any atom is 0.338 e. The van der Waals surface area contributed by atoms with Gasteiger partial charge >= 0.3 is 5.97 Å². The van der Waals surface area contributed by atoms with Gasteiger partial charge in [-0.2, -0.15) is 0 Å². The van der Waals surface area contributed by atoms with Gasteiger partial charge in [0.05, 0.1) is 23.0 Å². The van der Waals surface area contributed by atoms with Crippen molar-refractivity contribution in [1.29, 1.82) is 0 Å². The first-order valence-corrected chi connectivity index (χ1v) is 6.35. The van der Waals surface area contributed by atoms with Crippen LogP contribution in [0.4, 0.5) is 15.8 Å². The summed E-state index contributed by atoms with van der Waals surface area (Å²) in [6.07, 6.45) is 1.68. The van der Waals surface area contributed by atoms with Crippen molar-refractivity contribution in [2.24, 2.45) is 0 Å². The Labute approximate surface area is 112 Å². The fourth-order valence-corrected chi connectivity index (χ4v) is 2.27. The highest BCUT2D eigenvalue weighted by Crippen LogP contribution is 2.27. The number of nitrogens with one attached hydrogen (secondary N) is 1. The van der Waals surface area contributed by atoms with Crippen LogP contribution in [-0.2, 0) is 0 Å². The Morgan fingerprint density at radius 2 is 2.32 bits per heavy atom. The van der Waals surface area contributed by atoms with Crippen molar-refractivity contribution in [3.05, 3.63) is 40.1 Å². The molecule has 2 rings (SSSR count). The molecule has 0 fully saturated rings. The molecule has 1 atom stereocenters. The lowest BCUT2D eigenvalue weighted by atomic mass is 10.1. The summed E-state index contributed by atoms with van der Waals surface area (Å²) >= 11 is 1.47. The number of rotatable bonds is 4. The molecule has 2 aromatic rings. The first-order valence-electron chi connectivity index (χ1n) is 5.47. The fourth-order valence-electron chi connectivity index (χ4n) is 1.62. The summed E-state index contributed by atoms with van der Waals surface area (Å²) in [6.45, 7) is 1.86. The SMILES string of the molecule is CC(Nc1cc(F)c(C(=O)O)cc1N)c1nccs1. The van der Waals surface area contributed by atoms with Crippen molar-refractivity contribution in [2.45, 2.75) is 13.0 Å². The molecule has 4 N–H and O–H groups in total. The third-order valence-electron chi connectivity index (χ3n) is 2.56. The average Bonchev–Trinajstić information content (AvgIpc) is 2.86. The molecule has 0 bridgehead atoms. The van der Waals surface area contributed by atoms with Crippen LogP contribution in [0.1, 0.15) is 28.3 Å². The minimum absolute atomic E-state index is 0.141. The average molecular weight is 281 g/mol. The molecule has 0 aliphatic rings. The number of nitrogens with two attached hydrogens (primary N) is 1. The summed E-state index contributed by atoms with van der Waals surface area (Å²) in [5.41, 5.74) is 5.82. The van der Waals surface area contributed by atoms with E-state index in [1.165, 1.54) is 11.3 Å². The Bertz CT molecular complexity index is 601. The lowest BCUT2D eigenvalue weighted by Crippen LogP contribution is -2.10. The molecule has 0 saturated heterocycles. The zero-order chi connectivity index (χ0) is 14.0. The number of aromatic carboxylic acids is 1. The molecular formula is C12H12FN3O2S. The standard InChI is InChI=1S/C12H12FN3O2S/c1-6(11-15-2-3-19-11)16-10-5-8(13)7(12(17)18)4-9(10)14/h2-6,16H,14H2,1H3,(H,17,18). The second kappa shape index (κ2) is 5.23. The van der Waals surface area contributed by atoms with Gasteiger partial charge in [0.15, 0.2) is 0 Å². The molecule has 0 aliphatic carbocycles. The predicted molar refractivity (Wildman–Crippen MR) is 71.9 cm³/mol. The van der Waals surface area contributed by atoms with Crippen LogP contribution in [-0.4, -0.2) is 16.1 Å². The molecule has 7 heteroatoms. The smallest absolute Gasteiger partial charge is 0.338 e. The Hall–Kier alpha value is -2.15. The van der Waals surface area contributed by atoms with E-state index in [-0.39, 0.29) is 11.7 Å². The highest BCUT2D eigenvalue weighted by molar-refractivity contribution is 7.09. The molecule has 0 saturated carbocycles. The van der Waals surface area contributed by atoms with Crippen LogP contribution >= 0.6 is 11.3 Å². The summed E-state index contributed by atoms with van der Waals surface area (Å²) in [7, 11) is 0. The van der Waals surface area contributed by atoms with E-state index >= 15 is 0 Å². The van der Waals surface area contributed by atoms with Crippen molar-refractivity contribution in [1.82, 2.24) is 4.98 Å². The van der Waals surface area contributed by atoms with Crippen molar-refractivity contribution in [3.8, 4) is 0 Å². The van der Waals surface area contributed by atoms with Crippen molar-refractivity contribution >= 4 is 28.7 Å². The quantitative estimate of drug-likeness (QED) is 0.750. The van der Waals surface area contributed by atoms with E-state index in [0.717, 1.165) is 17.1 Å². The number of carboxylic acids is 1. The van der Waals surface area contributed by atoms with E-state index in [0.29, 0.717) is 5.69 Å². The summed E-state index contributed by atoms with van der Waals surface area (Å²) in [4.78, 5) is 14.9. The van der Waals surface area contributed by atoms with Crippen molar-refractivity contribution in [3.63, 3.8) is 0 Å². The van der Waals surface area contributed by atoms with Gasteiger partial charge in [-0.1, -0.05) is 0 Å². The number of hydrogen-bond acceptors (Lipinski definition) is 5. The summed E-state index contributed by atoms with van der Waals surface area (Å²) in [5.74, 6) is -2.17. The van der Waals surface area contributed by atoms with Crippen LogP contribution in [0, 0.1) is 5.82 Å². The van der Waals surface area contributed by atoms with Gasteiger partial charge in [-0.3, -0.25) is 0 Å². The van der Waals surface area contributed by atoms with Crippen LogP contribution in [0.15, 0.2) is 23.7 Å². The van der Waals surface area contributed by atoms with Crippen LogP contribution in [0.2, 0.25) is 0 Å². The number of aromatic nitrogens is 1. The predicted octanol–water partition coefficient (Wildman–Crippen LogP) is 2.74. The van der Waals surface area contributed by atoms with E-state index < -0.39 is 17.3 Å². The number of anilines is 2. The van der Waals surface area contributed by atoms with Gasteiger partial charge in [-0.15, -0.1) is 11.3 Å². The number of thiazole rings is 1. The van der Waals surface area contributed by atoms with Crippen molar-refractivity contribution in [2.75, 3.05) is 11.1 Å². The van der Waals surface area contributed by atoms with Gasteiger partial charge in [0.2, 0.25) is 0 Å². The van der Waals surface area contributed by atoms with E-state index in [4.69, 9.17) is 10.8 Å². The molecule has 0 spiro atoms. The number of halogens is 1. The molecule has 1 heterocycles. The van der Waals surface area contributed by atoms with Crippen molar-refractivity contribution < 1.29 is 14.3 Å². The normalized spacial score (nSPS) is 12.1. The number of hydrogen-bond donors (Lipinski definition) is 3. The molecule has 0 aliphatic heterocycles. The Morgan fingerprint density at radius 3 is 2.89 bits per heavy atom. The molecule has 1 aromatic carbocycles. The number of benzene rings is 1. The molecule has 1 unspecified atom stereocenters. The summed E-state index contributed by atoms with van der Waals surface area (Å²) in [5, 5.41) is 14.5. The lowest BCUT2D eigenvalue weighted by Gasteiger charge is -2.15. The maximum absolute atomic E-state index is 13.6. The third-order valence-corrected chi connectivity index (χ3v) is 3.52. The number of nitrogen functional groups attached to an aromatic ring is 1. The van der Waals surface area contributed by atoms with E-state index in [1.807, 2.05) is 12.3 Å². The van der Waals surface area contributed by atoms with Gasteiger partial charge in [0, 0.05) is 11.6 Å². The molecular weight excluding hydrogens is 269 g/mol. The molecule has 5 nitrogen and oxygen atoms in total. The zero-order valence-corrected chi connectivity index (χ0v) is 10.9. The number of carbonyl (C=O) groups is 1. The topological polar surface area (TPSA) is 88.2 Å². The third kappa shape index (κ3) is 2.82. The van der Waals surface area contributed by atoms with Gasteiger partial charge in [-0.05, 0) is 19.1 Å². The number of carboxylic acid groups (broad SMARTS) is 1. The Balaban J connectivity index is 2.26. The highest BCUT2D eigenvalue weighted by Gasteiger charge is 2.16. The molecule has 0 amide bonds. The van der Waals surface area contributed by atoms with Crippen LogP contribution < -0.4 is 11.1 Å². The van der Waals surface area contributed by atoms with E-state index in [1.54, 1.807) is 6.20 Å². The lowest BCUT2D eigenvalue weighted by molar-refractivity contribution is 0.0692. The molecule has 19 heavy (non-hydrogen) atoms. The van der Waals surface area contributed by atoms with E-state index in [2.05, 4.69) is 10.3 Å². The largest absolute Gasteiger partial charge is 0.478 e. The summed E-state index contributed by atoms with van der Waals surface area (Å²) < 4.78 is 13.6. The minimum Gasteiger partial charge on any atom is -0.478 e. The Morgan fingerprint density at radius 1 is 1.58 bits per heavy atom. The van der Waals surface area contributed by atoms with Crippen LogP contribution in [0.25, 0.3) is 0 Å². The van der Waals surface area contributed by atoms with E-state index in [9.17, 15) is 9.18 Å². The second-order valence-corrected chi connectivity index (χ2v) is 4.89. The van der Waals surface area contributed by atoms with Gasteiger partial charge in [0.25, 0.3) is 0 Å². The van der Waals surface area contributed by atoms with Gasteiger partial charge in [-0.25, -0.2) is 14.2 Å². The summed E-state index contributed by atoms with van der Waals surface area (Å²) in [6, 6.07) is 2.05. The van der Waals surface area contributed by atoms with Gasteiger partial charge in [0.1, 0.15) is 10.8 Å². The highest BCUT2D eigenvalue weighted by atomic mass is 32.1. The maximum atomic E-state index is 13.6. The zero-order valence-electron chi connectivity index (χ0n) is 10.1.